The van der Waals surface area contributed by atoms with Crippen LogP contribution in [-0.4, -0.2) is 66.3 Å². The Morgan fingerprint density at radius 2 is 1.81 bits per heavy atom. The highest BCUT2D eigenvalue weighted by atomic mass is 28.3. The molecule has 1 aromatic rings. The van der Waals surface area contributed by atoms with Crippen LogP contribution in [0.3, 0.4) is 0 Å². The molecule has 0 N–H and O–H groups in total. The fourth-order valence-corrected chi connectivity index (χ4v) is 4.52. The molecule has 0 saturated carbocycles. The third-order valence-electron chi connectivity index (χ3n) is 6.44. The lowest BCUT2D eigenvalue weighted by molar-refractivity contribution is -0.146. The van der Waals surface area contributed by atoms with Crippen LogP contribution < -0.4 is 0 Å². The lowest BCUT2D eigenvalue weighted by atomic mass is 9.71. The number of aromatic nitrogens is 4. The highest BCUT2D eigenvalue weighted by Gasteiger charge is 2.52. The fraction of sp³-hybridized carbons (Fsp3) is 0.905. The maximum Gasteiger partial charge on any atom is 0.458 e. The lowest BCUT2D eigenvalue weighted by Crippen LogP contribution is -2.41. The summed E-state index contributed by atoms with van der Waals surface area (Å²) in [5.74, 6) is -0.414. The van der Waals surface area contributed by atoms with E-state index in [1.807, 2.05) is 34.6 Å². The lowest BCUT2D eigenvalue weighted by Gasteiger charge is -2.32. The van der Waals surface area contributed by atoms with Crippen LogP contribution in [0.25, 0.3) is 0 Å². The minimum atomic E-state index is -1.20. The van der Waals surface area contributed by atoms with Gasteiger partial charge in [0.15, 0.2) is 5.82 Å². The van der Waals surface area contributed by atoms with Crippen LogP contribution in [0.4, 0.5) is 0 Å². The second-order valence-electron chi connectivity index (χ2n) is 10.8. The van der Waals surface area contributed by atoms with E-state index in [1.165, 1.54) is 7.11 Å². The van der Waals surface area contributed by atoms with E-state index in [9.17, 15) is 4.79 Å². The summed E-state index contributed by atoms with van der Waals surface area (Å²) in [5.41, 5.74) is -0.917. The Kier molecular flexibility index (Phi) is 9.06. The van der Waals surface area contributed by atoms with Crippen molar-refractivity contribution in [2.75, 3.05) is 13.7 Å². The largest absolute Gasteiger partial charge is 0.469 e. The van der Waals surface area contributed by atoms with Crippen molar-refractivity contribution in [1.29, 1.82) is 0 Å². The van der Waals surface area contributed by atoms with Crippen molar-refractivity contribution in [2.24, 2.45) is 5.92 Å². The first-order valence-corrected chi connectivity index (χ1v) is 15.3. The normalized spacial score (nSPS) is 19.7. The third-order valence-corrected chi connectivity index (χ3v) is 8.14. The van der Waals surface area contributed by atoms with Crippen molar-refractivity contribution in [3.63, 3.8) is 0 Å². The van der Waals surface area contributed by atoms with Gasteiger partial charge in [0, 0.05) is 20.6 Å². The molecule has 9 nitrogen and oxygen atoms in total. The maximum absolute atomic E-state index is 12.7. The number of rotatable bonds is 12. The zero-order valence-corrected chi connectivity index (χ0v) is 22.3. The van der Waals surface area contributed by atoms with Gasteiger partial charge >= 0.3 is 13.1 Å². The number of carbonyl (C=O) groups excluding carboxylic acids is 1. The van der Waals surface area contributed by atoms with Crippen molar-refractivity contribution in [1.82, 2.24) is 20.2 Å². The van der Waals surface area contributed by atoms with E-state index in [0.717, 1.165) is 12.5 Å². The number of methoxy groups -OCH3 is 1. The van der Waals surface area contributed by atoms with Gasteiger partial charge in [0.05, 0.1) is 24.2 Å². The van der Waals surface area contributed by atoms with Crippen molar-refractivity contribution >= 4 is 21.2 Å². The molecular weight excluding hydrogens is 427 g/mol. The maximum atomic E-state index is 12.7. The predicted molar refractivity (Wildman–Crippen MR) is 126 cm³/mol. The molecule has 1 aliphatic rings. The zero-order valence-electron chi connectivity index (χ0n) is 21.3. The second-order valence-corrected chi connectivity index (χ2v) is 16.5. The number of ether oxygens (including phenoxy) is 2. The van der Waals surface area contributed by atoms with Crippen LogP contribution in [-0.2, 0) is 30.3 Å². The van der Waals surface area contributed by atoms with E-state index in [1.54, 1.807) is 4.68 Å². The van der Waals surface area contributed by atoms with Crippen molar-refractivity contribution in [3.8, 4) is 0 Å². The van der Waals surface area contributed by atoms with Crippen LogP contribution in [0, 0.1) is 5.92 Å². The van der Waals surface area contributed by atoms with E-state index in [0.29, 0.717) is 25.2 Å². The summed E-state index contributed by atoms with van der Waals surface area (Å²) in [6.45, 7) is 17.9. The van der Waals surface area contributed by atoms with E-state index < -0.39 is 32.3 Å². The van der Waals surface area contributed by atoms with E-state index in [-0.39, 0.29) is 18.6 Å². The molecule has 0 radical (unpaired) electrons. The van der Waals surface area contributed by atoms with Gasteiger partial charge in [-0.3, -0.25) is 4.79 Å². The Labute approximate surface area is 194 Å². The SMILES string of the molecule is CCC[C@H](C(=O)OC)[C@H](CB1OC(C)(C)C(C)(C)O1)c1nnnn1COCC[Si](C)(C)C. The summed E-state index contributed by atoms with van der Waals surface area (Å²) in [6, 6.07) is 1.06. The summed E-state index contributed by atoms with van der Waals surface area (Å²) in [5, 5.41) is 12.3. The summed E-state index contributed by atoms with van der Waals surface area (Å²) in [7, 11) is -0.259. The second kappa shape index (κ2) is 10.8. The molecule has 182 valence electrons. The van der Waals surface area contributed by atoms with Crippen LogP contribution in [0.5, 0.6) is 0 Å². The number of nitrogens with zero attached hydrogens (tertiary/aromatic N) is 4. The molecule has 0 aromatic carbocycles. The van der Waals surface area contributed by atoms with E-state index >= 15 is 0 Å². The highest BCUT2D eigenvalue weighted by Crippen LogP contribution is 2.41. The Morgan fingerprint density at radius 3 is 2.34 bits per heavy atom. The molecule has 1 fully saturated rings. The molecule has 0 amide bonds. The first kappa shape index (κ1) is 27.0. The molecular formula is C21H41BN4O5Si. The summed E-state index contributed by atoms with van der Waals surface area (Å²) in [4.78, 5) is 12.7. The summed E-state index contributed by atoms with van der Waals surface area (Å²) < 4.78 is 25.1. The van der Waals surface area contributed by atoms with Crippen molar-refractivity contribution in [3.05, 3.63) is 5.82 Å². The standard InChI is InChI=1S/C21H41BN4O5Si/c1-10-11-16(19(27)28-6)17(14-22-30-20(2,3)21(4,5)31-22)18-23-24-25-26(18)15-29-12-13-32(7,8)9/h16-17H,10-15H2,1-9H3/t16-,17-/m0/s1. The van der Waals surface area contributed by atoms with Crippen LogP contribution in [0.1, 0.15) is 59.2 Å². The van der Waals surface area contributed by atoms with Gasteiger partial charge in [-0.15, -0.1) is 5.10 Å². The average molecular weight is 468 g/mol. The molecule has 1 saturated heterocycles. The van der Waals surface area contributed by atoms with Gasteiger partial charge in [-0.05, 0) is 56.9 Å². The van der Waals surface area contributed by atoms with Crippen LogP contribution in [0.15, 0.2) is 0 Å². The molecule has 2 atom stereocenters. The molecule has 2 rings (SSSR count). The molecule has 0 unspecified atom stereocenters. The first-order valence-electron chi connectivity index (χ1n) is 11.6. The number of carbonyl (C=O) groups is 1. The third kappa shape index (κ3) is 6.85. The average Bonchev–Trinajstić information content (AvgIpc) is 3.21. The van der Waals surface area contributed by atoms with E-state index in [2.05, 4.69) is 35.2 Å². The molecule has 2 heterocycles. The number of tetrazole rings is 1. The number of hydrogen-bond donors (Lipinski definition) is 0. The van der Waals surface area contributed by atoms with Gasteiger partial charge < -0.3 is 18.8 Å². The van der Waals surface area contributed by atoms with Crippen LogP contribution in [0.2, 0.25) is 32.0 Å². The number of hydrogen-bond acceptors (Lipinski definition) is 8. The Hall–Kier alpha value is -1.30. The molecule has 1 aliphatic heterocycles. The minimum absolute atomic E-state index is 0.243. The molecule has 11 heteroatoms. The number of esters is 1. The van der Waals surface area contributed by atoms with Gasteiger partial charge in [0.1, 0.15) is 6.73 Å². The van der Waals surface area contributed by atoms with Gasteiger partial charge in [0.25, 0.3) is 0 Å². The Balaban J connectivity index is 2.26. The highest BCUT2D eigenvalue weighted by molar-refractivity contribution is 6.76. The minimum Gasteiger partial charge on any atom is -0.469 e. The fourth-order valence-electron chi connectivity index (χ4n) is 3.76. The van der Waals surface area contributed by atoms with Crippen LogP contribution >= 0.6 is 0 Å². The molecule has 0 bridgehead atoms. The monoisotopic (exact) mass is 468 g/mol. The quantitative estimate of drug-likeness (QED) is 0.260. The van der Waals surface area contributed by atoms with Gasteiger partial charge in [0.2, 0.25) is 0 Å². The topological polar surface area (TPSA) is 97.6 Å². The molecule has 1 aromatic heterocycles. The molecule has 0 spiro atoms. The van der Waals surface area contributed by atoms with Gasteiger partial charge in [-0.2, -0.15) is 0 Å². The summed E-state index contributed by atoms with van der Waals surface area (Å²) >= 11 is 0. The zero-order chi connectivity index (χ0) is 24.2. The van der Waals surface area contributed by atoms with Crippen molar-refractivity contribution < 1.29 is 23.6 Å². The predicted octanol–water partition coefficient (Wildman–Crippen LogP) is 3.75. The molecule has 32 heavy (non-hydrogen) atoms. The Morgan fingerprint density at radius 1 is 1.19 bits per heavy atom. The Bertz CT molecular complexity index is 737. The first-order chi connectivity index (χ1) is 14.8. The van der Waals surface area contributed by atoms with Gasteiger partial charge in [-0.1, -0.05) is 33.0 Å². The smallest absolute Gasteiger partial charge is 0.458 e. The van der Waals surface area contributed by atoms with E-state index in [4.69, 9.17) is 18.8 Å². The molecule has 0 aliphatic carbocycles. The summed E-state index contributed by atoms with van der Waals surface area (Å²) in [6.07, 6.45) is 1.93. The van der Waals surface area contributed by atoms with Crippen molar-refractivity contribution in [2.45, 2.75) is 103 Å². The van der Waals surface area contributed by atoms with Gasteiger partial charge in [-0.25, -0.2) is 4.68 Å².